The lowest BCUT2D eigenvalue weighted by atomic mass is 10.1. The van der Waals surface area contributed by atoms with Gasteiger partial charge in [0.15, 0.2) is 0 Å². The summed E-state index contributed by atoms with van der Waals surface area (Å²) in [5, 5.41) is 5.23. The Balaban J connectivity index is 1.50. The molecule has 0 saturated heterocycles. The molecule has 25 heavy (non-hydrogen) atoms. The monoisotopic (exact) mass is 341 g/mol. The van der Waals surface area contributed by atoms with Crippen molar-refractivity contribution in [1.82, 2.24) is 10.6 Å². The molecule has 2 aromatic rings. The molecular weight excluding hydrogens is 321 g/mol. The van der Waals surface area contributed by atoms with Crippen molar-refractivity contribution in [3.63, 3.8) is 0 Å². The fourth-order valence-electron chi connectivity index (χ4n) is 3.03. The Hall–Kier alpha value is -2.89. The lowest BCUT2D eigenvalue weighted by molar-refractivity contribution is -0.117. The molecule has 0 aromatic heterocycles. The Morgan fingerprint density at radius 1 is 1.12 bits per heavy atom. The highest BCUT2D eigenvalue weighted by molar-refractivity contribution is 5.98. The lowest BCUT2D eigenvalue weighted by Crippen LogP contribution is -2.45. The molecule has 130 valence electrons. The number of urea groups is 1. The lowest BCUT2D eigenvalue weighted by Gasteiger charge is -2.23. The van der Waals surface area contributed by atoms with E-state index in [9.17, 15) is 14.0 Å². The zero-order chi connectivity index (χ0) is 17.8. The normalized spacial score (nSPS) is 15.6. The maximum Gasteiger partial charge on any atom is 0.315 e. The van der Waals surface area contributed by atoms with E-state index in [1.165, 1.54) is 12.1 Å². The standard InChI is InChI=1S/C19H20FN3O2/c1-13-10-15-4-2-3-5-17(15)23(13)18(24)12-22-19(25)21-11-14-6-8-16(20)9-7-14/h2-9,13H,10-12H2,1H3,(H2,21,22,25)/t13-/m0/s1. The van der Waals surface area contributed by atoms with Crippen molar-refractivity contribution in [3.05, 3.63) is 65.5 Å². The van der Waals surface area contributed by atoms with Crippen LogP contribution in [0.2, 0.25) is 0 Å². The van der Waals surface area contributed by atoms with Gasteiger partial charge < -0.3 is 15.5 Å². The number of hydrogen-bond donors (Lipinski definition) is 2. The van der Waals surface area contributed by atoms with Crippen LogP contribution in [0.5, 0.6) is 0 Å². The molecule has 3 amide bonds. The highest BCUT2D eigenvalue weighted by atomic mass is 19.1. The largest absolute Gasteiger partial charge is 0.334 e. The minimum atomic E-state index is -0.433. The van der Waals surface area contributed by atoms with E-state index in [-0.39, 0.29) is 30.9 Å². The molecule has 3 rings (SSSR count). The number of halogens is 1. The van der Waals surface area contributed by atoms with Gasteiger partial charge in [0, 0.05) is 18.3 Å². The molecule has 2 aromatic carbocycles. The van der Waals surface area contributed by atoms with E-state index in [1.54, 1.807) is 17.0 Å². The predicted octanol–water partition coefficient (Wildman–Crippen LogP) is 2.60. The van der Waals surface area contributed by atoms with Gasteiger partial charge in [-0.1, -0.05) is 30.3 Å². The summed E-state index contributed by atoms with van der Waals surface area (Å²) < 4.78 is 12.8. The van der Waals surface area contributed by atoms with Gasteiger partial charge in [-0.05, 0) is 42.7 Å². The predicted molar refractivity (Wildman–Crippen MR) is 93.7 cm³/mol. The molecule has 1 aliphatic rings. The molecule has 2 N–H and O–H groups in total. The minimum absolute atomic E-state index is 0.0755. The maximum absolute atomic E-state index is 12.8. The number of amides is 3. The van der Waals surface area contributed by atoms with Gasteiger partial charge in [-0.3, -0.25) is 4.79 Å². The van der Waals surface area contributed by atoms with Crippen LogP contribution in [-0.4, -0.2) is 24.5 Å². The molecule has 0 fully saturated rings. The Bertz CT molecular complexity index is 776. The molecule has 0 aliphatic carbocycles. The van der Waals surface area contributed by atoms with Gasteiger partial charge in [-0.2, -0.15) is 0 Å². The van der Waals surface area contributed by atoms with Crippen LogP contribution < -0.4 is 15.5 Å². The molecule has 6 heteroatoms. The van der Waals surface area contributed by atoms with Gasteiger partial charge in [0.2, 0.25) is 5.91 Å². The molecule has 5 nitrogen and oxygen atoms in total. The van der Waals surface area contributed by atoms with E-state index in [2.05, 4.69) is 10.6 Å². The summed E-state index contributed by atoms with van der Waals surface area (Å²) in [6.45, 7) is 2.18. The summed E-state index contributed by atoms with van der Waals surface area (Å²) in [4.78, 5) is 26.1. The van der Waals surface area contributed by atoms with Crippen molar-refractivity contribution >= 4 is 17.6 Å². The Morgan fingerprint density at radius 3 is 2.60 bits per heavy atom. The summed E-state index contributed by atoms with van der Waals surface area (Å²) >= 11 is 0. The van der Waals surface area contributed by atoms with Gasteiger partial charge in [0.05, 0.1) is 6.54 Å². The average molecular weight is 341 g/mol. The molecule has 1 heterocycles. The number of carbonyl (C=O) groups is 2. The van der Waals surface area contributed by atoms with Crippen molar-refractivity contribution in [2.45, 2.75) is 25.9 Å². The van der Waals surface area contributed by atoms with E-state index in [0.717, 1.165) is 23.2 Å². The van der Waals surface area contributed by atoms with Crippen LogP contribution in [0.1, 0.15) is 18.1 Å². The number of rotatable bonds is 4. The molecule has 1 atom stereocenters. The Labute approximate surface area is 145 Å². The zero-order valence-electron chi connectivity index (χ0n) is 14.0. The molecular formula is C19H20FN3O2. The molecule has 0 radical (unpaired) electrons. The highest BCUT2D eigenvalue weighted by Crippen LogP contribution is 2.31. The van der Waals surface area contributed by atoms with Crippen molar-refractivity contribution < 1.29 is 14.0 Å². The van der Waals surface area contributed by atoms with Crippen molar-refractivity contribution in [3.8, 4) is 0 Å². The number of benzene rings is 2. The summed E-state index contributed by atoms with van der Waals surface area (Å²) in [5.74, 6) is -0.465. The molecule has 0 saturated carbocycles. The van der Waals surface area contributed by atoms with Gasteiger partial charge in [0.1, 0.15) is 5.82 Å². The third kappa shape index (κ3) is 3.96. The number of anilines is 1. The summed E-state index contributed by atoms with van der Waals surface area (Å²) in [7, 11) is 0. The third-order valence-corrected chi connectivity index (χ3v) is 4.24. The Morgan fingerprint density at radius 2 is 1.84 bits per heavy atom. The number of nitrogens with one attached hydrogen (secondary N) is 2. The number of para-hydroxylation sites is 1. The van der Waals surface area contributed by atoms with Crippen LogP contribution >= 0.6 is 0 Å². The highest BCUT2D eigenvalue weighted by Gasteiger charge is 2.30. The molecule has 0 spiro atoms. The second kappa shape index (κ2) is 7.34. The van der Waals surface area contributed by atoms with E-state index in [4.69, 9.17) is 0 Å². The van der Waals surface area contributed by atoms with Crippen molar-refractivity contribution in [2.24, 2.45) is 0 Å². The number of nitrogens with zero attached hydrogens (tertiary/aromatic N) is 1. The fraction of sp³-hybridized carbons (Fsp3) is 0.263. The topological polar surface area (TPSA) is 61.4 Å². The van der Waals surface area contributed by atoms with E-state index in [1.807, 2.05) is 31.2 Å². The number of fused-ring (bicyclic) bond motifs is 1. The molecule has 0 bridgehead atoms. The molecule has 1 aliphatic heterocycles. The van der Waals surface area contributed by atoms with E-state index < -0.39 is 6.03 Å². The fourth-order valence-corrected chi connectivity index (χ4v) is 3.03. The van der Waals surface area contributed by atoms with Crippen LogP contribution in [0.15, 0.2) is 48.5 Å². The van der Waals surface area contributed by atoms with Gasteiger partial charge in [-0.15, -0.1) is 0 Å². The minimum Gasteiger partial charge on any atom is -0.334 e. The maximum atomic E-state index is 12.8. The van der Waals surface area contributed by atoms with E-state index >= 15 is 0 Å². The van der Waals surface area contributed by atoms with Crippen molar-refractivity contribution in [1.29, 1.82) is 0 Å². The first kappa shape index (κ1) is 17.0. The number of hydrogen-bond acceptors (Lipinski definition) is 2. The quantitative estimate of drug-likeness (QED) is 0.898. The first-order valence-electron chi connectivity index (χ1n) is 8.20. The SMILES string of the molecule is C[C@H]1Cc2ccccc2N1C(=O)CNC(=O)NCc1ccc(F)cc1. The number of carbonyl (C=O) groups excluding carboxylic acids is 2. The first-order valence-corrected chi connectivity index (χ1v) is 8.20. The average Bonchev–Trinajstić information content (AvgIpc) is 2.95. The van der Waals surface area contributed by atoms with Gasteiger partial charge >= 0.3 is 6.03 Å². The summed E-state index contributed by atoms with van der Waals surface area (Å²) in [5.41, 5.74) is 2.84. The van der Waals surface area contributed by atoms with Crippen LogP contribution in [-0.2, 0) is 17.8 Å². The Kier molecular flexibility index (Phi) is 4.97. The first-order chi connectivity index (χ1) is 12.0. The van der Waals surface area contributed by atoms with Crippen LogP contribution in [0.3, 0.4) is 0 Å². The van der Waals surface area contributed by atoms with Crippen molar-refractivity contribution in [2.75, 3.05) is 11.4 Å². The van der Waals surface area contributed by atoms with Gasteiger partial charge in [-0.25, -0.2) is 9.18 Å². The summed E-state index contributed by atoms with van der Waals surface area (Å²) in [6.07, 6.45) is 0.818. The molecule has 0 unspecified atom stereocenters. The van der Waals surface area contributed by atoms with Crippen LogP contribution in [0.4, 0.5) is 14.9 Å². The van der Waals surface area contributed by atoms with E-state index in [0.29, 0.717) is 0 Å². The second-order valence-corrected chi connectivity index (χ2v) is 6.11. The summed E-state index contributed by atoms with van der Waals surface area (Å²) in [6, 6.07) is 13.3. The van der Waals surface area contributed by atoms with Crippen LogP contribution in [0.25, 0.3) is 0 Å². The van der Waals surface area contributed by atoms with Gasteiger partial charge in [0.25, 0.3) is 0 Å². The van der Waals surface area contributed by atoms with Crippen LogP contribution in [0, 0.1) is 5.82 Å². The third-order valence-electron chi connectivity index (χ3n) is 4.24. The zero-order valence-corrected chi connectivity index (χ0v) is 14.0. The second-order valence-electron chi connectivity index (χ2n) is 6.11. The smallest absolute Gasteiger partial charge is 0.315 e.